The average Bonchev–Trinajstić information content (AvgIpc) is 3.58. The van der Waals surface area contributed by atoms with Crippen LogP contribution in [0, 0.1) is 6.07 Å². The van der Waals surface area contributed by atoms with Crippen molar-refractivity contribution in [1.82, 2.24) is 9.55 Å². The molecule has 0 fully saturated rings. The first-order valence-electron chi connectivity index (χ1n) is 12.3. The number of hydrogen-bond donors (Lipinski definition) is 0. The van der Waals surface area contributed by atoms with E-state index in [2.05, 4.69) is 132 Å². The number of para-hydroxylation sites is 1. The van der Waals surface area contributed by atoms with Crippen molar-refractivity contribution in [1.29, 1.82) is 0 Å². The van der Waals surface area contributed by atoms with Crippen LogP contribution < -0.4 is 0 Å². The number of fused-ring (bicyclic) bond motifs is 3. The van der Waals surface area contributed by atoms with Crippen LogP contribution in [0.3, 0.4) is 0 Å². The maximum Gasteiger partial charge on any atom is 0.0603 e. The van der Waals surface area contributed by atoms with Crippen LogP contribution in [-0.2, 0) is 26.5 Å². The molecule has 0 aliphatic heterocycles. The van der Waals surface area contributed by atoms with Gasteiger partial charge in [-0.05, 0) is 23.1 Å². The van der Waals surface area contributed by atoms with E-state index in [1.165, 1.54) is 44.5 Å². The zero-order valence-electron chi connectivity index (χ0n) is 20.1. The van der Waals surface area contributed by atoms with Gasteiger partial charge in [0.05, 0.1) is 11.5 Å². The molecule has 1 aliphatic rings. The summed E-state index contributed by atoms with van der Waals surface area (Å²) in [5.41, 5.74) is 12.1. The van der Waals surface area contributed by atoms with Crippen molar-refractivity contribution < 1.29 is 20.1 Å². The molecule has 6 aromatic rings. The van der Waals surface area contributed by atoms with Crippen molar-refractivity contribution >= 4 is 0 Å². The second-order valence-corrected chi connectivity index (χ2v) is 9.17. The minimum Gasteiger partial charge on any atom is -0.339 e. The summed E-state index contributed by atoms with van der Waals surface area (Å²) in [4.78, 5) is 4.84. The Balaban J connectivity index is 0.00000252. The maximum atomic E-state index is 4.84. The zero-order valence-corrected chi connectivity index (χ0v) is 22.5. The van der Waals surface area contributed by atoms with Crippen LogP contribution in [0.4, 0.5) is 0 Å². The van der Waals surface area contributed by atoms with Gasteiger partial charge in [-0.25, -0.2) is 0 Å². The van der Waals surface area contributed by atoms with E-state index < -0.39 is 0 Å². The standard InChI is InChI=1S/C34H23N2.Ir/c1-3-10-24(11-4-1)31-16-9-17-32(25-12-5-2-6-13-25)33(31)36-21-20-35-34(36)27-18-19-30-28(23-27)22-26-14-7-8-15-29(26)30;/h1-17,19-21,23H,22H2;/q-1;. The summed E-state index contributed by atoms with van der Waals surface area (Å²) in [6.45, 7) is 0. The molecule has 0 amide bonds. The topological polar surface area (TPSA) is 17.8 Å². The first kappa shape index (κ1) is 23.4. The van der Waals surface area contributed by atoms with Crippen LogP contribution in [0.5, 0.6) is 0 Å². The fraction of sp³-hybridized carbons (Fsp3) is 0.0294. The van der Waals surface area contributed by atoms with Crippen molar-refractivity contribution in [2.75, 3.05) is 0 Å². The molecule has 0 atom stereocenters. The van der Waals surface area contributed by atoms with Gasteiger partial charge in [-0.3, -0.25) is 4.98 Å². The molecule has 3 heteroatoms. The Morgan fingerprint density at radius 3 is 1.95 bits per heavy atom. The van der Waals surface area contributed by atoms with Gasteiger partial charge in [0.1, 0.15) is 0 Å². The van der Waals surface area contributed by atoms with Crippen LogP contribution in [0.25, 0.3) is 50.5 Å². The van der Waals surface area contributed by atoms with Crippen LogP contribution in [-0.4, -0.2) is 9.55 Å². The molecule has 179 valence electrons. The molecule has 0 spiro atoms. The van der Waals surface area contributed by atoms with E-state index >= 15 is 0 Å². The number of imidazole rings is 1. The van der Waals surface area contributed by atoms with Gasteiger partial charge in [-0.15, -0.1) is 29.3 Å². The molecule has 0 bridgehead atoms. The van der Waals surface area contributed by atoms with Gasteiger partial charge in [0, 0.05) is 43.6 Å². The van der Waals surface area contributed by atoms with E-state index in [4.69, 9.17) is 4.98 Å². The van der Waals surface area contributed by atoms with Crippen molar-refractivity contribution in [3.8, 4) is 50.5 Å². The summed E-state index contributed by atoms with van der Waals surface area (Å²) < 4.78 is 2.23. The smallest absolute Gasteiger partial charge is 0.0603 e. The Kier molecular flexibility index (Phi) is 6.18. The number of benzene rings is 5. The van der Waals surface area contributed by atoms with Gasteiger partial charge in [0.15, 0.2) is 0 Å². The summed E-state index contributed by atoms with van der Waals surface area (Å²) in [6, 6.07) is 44.3. The van der Waals surface area contributed by atoms with Crippen LogP contribution in [0.2, 0.25) is 0 Å². The molecule has 2 nitrogen and oxygen atoms in total. The van der Waals surface area contributed by atoms with Gasteiger partial charge in [-0.1, -0.05) is 114 Å². The van der Waals surface area contributed by atoms with Crippen LogP contribution in [0.1, 0.15) is 11.1 Å². The van der Waals surface area contributed by atoms with Gasteiger partial charge >= 0.3 is 0 Å². The third kappa shape index (κ3) is 4.07. The molecular formula is C34H23IrN2-. The van der Waals surface area contributed by atoms with Gasteiger partial charge in [-0.2, -0.15) is 0 Å². The average molecular weight is 652 g/mol. The molecule has 1 aliphatic carbocycles. The molecule has 0 saturated heterocycles. The Morgan fingerprint density at radius 2 is 1.24 bits per heavy atom. The SMILES string of the molecule is [Ir].[c-]1cc2c(cc1-c1nccn1-c1c(-c3ccccc3)cccc1-c1ccccc1)Cc1ccccc1-2. The fourth-order valence-electron chi connectivity index (χ4n) is 5.39. The maximum absolute atomic E-state index is 4.84. The summed E-state index contributed by atoms with van der Waals surface area (Å²) >= 11 is 0. The number of rotatable bonds is 4. The minimum atomic E-state index is 0. The second-order valence-electron chi connectivity index (χ2n) is 9.17. The van der Waals surface area contributed by atoms with E-state index in [0.29, 0.717) is 0 Å². The second kappa shape index (κ2) is 9.78. The van der Waals surface area contributed by atoms with Crippen LogP contribution >= 0.6 is 0 Å². The largest absolute Gasteiger partial charge is 0.339 e. The number of aromatic nitrogens is 2. The van der Waals surface area contributed by atoms with E-state index in [-0.39, 0.29) is 20.1 Å². The molecule has 1 aromatic heterocycles. The molecule has 1 radical (unpaired) electrons. The molecule has 7 rings (SSSR count). The predicted octanol–water partition coefficient (Wildman–Crippen LogP) is 8.24. The van der Waals surface area contributed by atoms with Crippen molar-refractivity contribution in [3.63, 3.8) is 0 Å². The van der Waals surface area contributed by atoms with Crippen LogP contribution in [0.15, 0.2) is 128 Å². The zero-order chi connectivity index (χ0) is 23.9. The normalized spacial score (nSPS) is 11.5. The van der Waals surface area contributed by atoms with Crippen molar-refractivity contribution in [2.45, 2.75) is 6.42 Å². The third-order valence-corrected chi connectivity index (χ3v) is 7.05. The first-order chi connectivity index (χ1) is 17.9. The molecule has 0 N–H and O–H groups in total. The Bertz CT molecular complexity index is 1640. The summed E-state index contributed by atoms with van der Waals surface area (Å²) in [6.07, 6.45) is 4.91. The van der Waals surface area contributed by atoms with Gasteiger partial charge in [0.25, 0.3) is 0 Å². The first-order valence-corrected chi connectivity index (χ1v) is 12.3. The number of nitrogens with zero attached hydrogens (tertiary/aromatic N) is 2. The fourth-order valence-corrected chi connectivity index (χ4v) is 5.39. The van der Waals surface area contributed by atoms with Gasteiger partial charge < -0.3 is 4.57 Å². The molecule has 1 heterocycles. The monoisotopic (exact) mass is 652 g/mol. The molecule has 5 aromatic carbocycles. The minimum absolute atomic E-state index is 0. The van der Waals surface area contributed by atoms with E-state index in [0.717, 1.165) is 23.5 Å². The molecular weight excluding hydrogens is 629 g/mol. The van der Waals surface area contributed by atoms with Crippen molar-refractivity contribution in [3.05, 3.63) is 145 Å². The Labute approximate surface area is 230 Å². The molecule has 0 saturated carbocycles. The predicted molar refractivity (Wildman–Crippen MR) is 147 cm³/mol. The Morgan fingerprint density at radius 1 is 0.622 bits per heavy atom. The van der Waals surface area contributed by atoms with Crippen molar-refractivity contribution in [2.24, 2.45) is 0 Å². The summed E-state index contributed by atoms with van der Waals surface area (Å²) in [5, 5.41) is 0. The quantitative estimate of drug-likeness (QED) is 0.175. The summed E-state index contributed by atoms with van der Waals surface area (Å²) in [5.74, 6) is 0.898. The Hall–Kier alpha value is -4.04. The van der Waals surface area contributed by atoms with E-state index in [1.54, 1.807) is 0 Å². The summed E-state index contributed by atoms with van der Waals surface area (Å²) in [7, 11) is 0. The van der Waals surface area contributed by atoms with E-state index in [1.807, 2.05) is 6.20 Å². The molecule has 37 heavy (non-hydrogen) atoms. The van der Waals surface area contributed by atoms with E-state index in [9.17, 15) is 0 Å². The molecule has 0 unspecified atom stereocenters. The van der Waals surface area contributed by atoms with Gasteiger partial charge in [0.2, 0.25) is 0 Å². The third-order valence-electron chi connectivity index (χ3n) is 7.05. The number of hydrogen-bond acceptors (Lipinski definition) is 1.